The quantitative estimate of drug-likeness (QED) is 0.464. The predicted octanol–water partition coefficient (Wildman–Crippen LogP) is 5.66. The van der Waals surface area contributed by atoms with E-state index in [9.17, 15) is 0 Å². The molecule has 1 aromatic rings. The largest absolute Gasteiger partial charge is 0.0806 e. The fraction of sp³-hybridized carbons (Fsp3) is 0.600. The molecule has 1 unspecified atom stereocenters. The Morgan fingerprint density at radius 2 is 1.52 bits per heavy atom. The van der Waals surface area contributed by atoms with Gasteiger partial charge in [0.2, 0.25) is 0 Å². The van der Waals surface area contributed by atoms with Crippen LogP contribution in [-0.2, 0) is 10.8 Å². The Bertz CT molecular complexity index is 565. The van der Waals surface area contributed by atoms with E-state index in [4.69, 9.17) is 0 Å². The van der Waals surface area contributed by atoms with E-state index in [-0.39, 0.29) is 18.8 Å². The molecule has 1 aromatic carbocycles. The molecule has 1 heteroatoms. The van der Waals surface area contributed by atoms with E-state index in [0.717, 1.165) is 0 Å². The summed E-state index contributed by atoms with van der Waals surface area (Å²) >= 11 is 0. The maximum Gasteiger partial charge on any atom is -0.00738 e. The molecule has 0 aliphatic carbocycles. The zero-order chi connectivity index (χ0) is 16.0. The Morgan fingerprint density at radius 3 is 1.95 bits per heavy atom. The molecule has 2 rings (SSSR count). The SMILES string of the molecule is CC1=CCP(c2c(C)cc(C(C)(C)C)cc2C(C)(C)C)C1. The topological polar surface area (TPSA) is 0 Å². The van der Waals surface area contributed by atoms with Gasteiger partial charge in [-0.1, -0.05) is 73.2 Å². The van der Waals surface area contributed by atoms with Gasteiger partial charge >= 0.3 is 0 Å². The molecule has 21 heavy (non-hydrogen) atoms. The first-order valence-electron chi connectivity index (χ1n) is 8.06. The van der Waals surface area contributed by atoms with Crippen LogP contribution in [0.1, 0.15) is 65.2 Å². The summed E-state index contributed by atoms with van der Waals surface area (Å²) in [5.74, 6) is 0. The summed E-state index contributed by atoms with van der Waals surface area (Å²) in [5, 5.41) is 1.68. The second-order valence-electron chi connectivity index (χ2n) is 8.62. The van der Waals surface area contributed by atoms with Crippen molar-refractivity contribution in [1.82, 2.24) is 0 Å². The highest BCUT2D eigenvalue weighted by atomic mass is 31.1. The van der Waals surface area contributed by atoms with Gasteiger partial charge in [0.25, 0.3) is 0 Å². The molecule has 0 saturated carbocycles. The van der Waals surface area contributed by atoms with Gasteiger partial charge in [-0.05, 0) is 59.0 Å². The fourth-order valence-corrected chi connectivity index (χ4v) is 6.11. The first kappa shape index (κ1) is 16.8. The van der Waals surface area contributed by atoms with Crippen LogP contribution >= 0.6 is 7.92 Å². The summed E-state index contributed by atoms with van der Waals surface area (Å²) in [5.41, 5.74) is 6.61. The van der Waals surface area contributed by atoms with Crippen molar-refractivity contribution in [3.05, 3.63) is 40.5 Å². The molecular formula is C20H31P. The minimum atomic E-state index is -0.0263. The van der Waals surface area contributed by atoms with Crippen LogP contribution in [0.5, 0.6) is 0 Å². The molecular weight excluding hydrogens is 271 g/mol. The average molecular weight is 302 g/mol. The van der Waals surface area contributed by atoms with Crippen molar-refractivity contribution in [3.63, 3.8) is 0 Å². The summed E-state index contributed by atoms with van der Waals surface area (Å²) in [6.07, 6.45) is 5.03. The van der Waals surface area contributed by atoms with E-state index < -0.39 is 0 Å². The third-order valence-electron chi connectivity index (χ3n) is 4.39. The first-order chi connectivity index (χ1) is 9.50. The van der Waals surface area contributed by atoms with E-state index in [0.29, 0.717) is 0 Å². The van der Waals surface area contributed by atoms with Crippen molar-refractivity contribution in [2.24, 2.45) is 0 Å². The van der Waals surface area contributed by atoms with Gasteiger partial charge in [-0.25, -0.2) is 0 Å². The predicted molar refractivity (Wildman–Crippen MR) is 98.6 cm³/mol. The van der Waals surface area contributed by atoms with Crippen LogP contribution in [0.25, 0.3) is 0 Å². The molecule has 1 atom stereocenters. The lowest BCUT2D eigenvalue weighted by atomic mass is 9.79. The third-order valence-corrected chi connectivity index (χ3v) is 7.12. The summed E-state index contributed by atoms with van der Waals surface area (Å²) in [6, 6.07) is 4.94. The molecule has 0 aromatic heterocycles. The van der Waals surface area contributed by atoms with Gasteiger partial charge in [0.1, 0.15) is 0 Å². The number of rotatable bonds is 1. The van der Waals surface area contributed by atoms with Crippen LogP contribution in [0.3, 0.4) is 0 Å². The van der Waals surface area contributed by atoms with E-state index in [1.165, 1.54) is 23.5 Å². The molecule has 0 N–H and O–H groups in total. The standard InChI is InChI=1S/C20H31P/c1-14-9-10-21(13-14)18-15(2)11-16(19(3,4)5)12-17(18)20(6,7)8/h9,11-12H,10,13H2,1-8H3. The highest BCUT2D eigenvalue weighted by molar-refractivity contribution is 7.66. The summed E-state index contributed by atoms with van der Waals surface area (Å²) in [6.45, 7) is 18.7. The normalized spacial score (nSPS) is 19.8. The summed E-state index contributed by atoms with van der Waals surface area (Å²) < 4.78 is 0. The average Bonchev–Trinajstić information content (AvgIpc) is 2.72. The van der Waals surface area contributed by atoms with E-state index in [1.807, 2.05) is 0 Å². The Labute approximate surface area is 132 Å². The number of hydrogen-bond donors (Lipinski definition) is 0. The fourth-order valence-electron chi connectivity index (χ4n) is 3.07. The second-order valence-corrected chi connectivity index (χ2v) is 10.8. The van der Waals surface area contributed by atoms with Crippen LogP contribution in [0.2, 0.25) is 0 Å². The highest BCUT2D eigenvalue weighted by Crippen LogP contribution is 2.46. The minimum absolute atomic E-state index is 0.0263. The molecule has 0 radical (unpaired) electrons. The van der Waals surface area contributed by atoms with Gasteiger partial charge in [-0.3, -0.25) is 0 Å². The van der Waals surface area contributed by atoms with Crippen LogP contribution in [0.15, 0.2) is 23.8 Å². The lowest BCUT2D eigenvalue weighted by Crippen LogP contribution is -2.26. The number of hydrogen-bond acceptors (Lipinski definition) is 0. The summed E-state index contributed by atoms with van der Waals surface area (Å²) in [4.78, 5) is 0. The molecule has 116 valence electrons. The van der Waals surface area contributed by atoms with Crippen LogP contribution < -0.4 is 5.30 Å². The molecule has 0 nitrogen and oxygen atoms in total. The first-order valence-corrected chi connectivity index (χ1v) is 9.77. The Hall–Kier alpha value is -0.610. The molecule has 1 heterocycles. The van der Waals surface area contributed by atoms with Gasteiger partial charge in [0.05, 0.1) is 0 Å². The number of allylic oxidation sites excluding steroid dienone is 2. The van der Waals surface area contributed by atoms with E-state index in [2.05, 4.69) is 73.6 Å². The maximum absolute atomic E-state index is 2.50. The Morgan fingerprint density at radius 1 is 0.905 bits per heavy atom. The Kier molecular flexibility index (Phi) is 4.42. The third kappa shape index (κ3) is 3.59. The van der Waals surface area contributed by atoms with Crippen molar-refractivity contribution >= 4 is 13.2 Å². The molecule has 0 saturated heterocycles. The lowest BCUT2D eigenvalue weighted by Gasteiger charge is -2.31. The molecule has 0 spiro atoms. The van der Waals surface area contributed by atoms with Gasteiger partial charge in [0.15, 0.2) is 0 Å². The van der Waals surface area contributed by atoms with Crippen LogP contribution in [0, 0.1) is 6.92 Å². The zero-order valence-electron chi connectivity index (χ0n) is 15.1. The zero-order valence-corrected chi connectivity index (χ0v) is 16.0. The lowest BCUT2D eigenvalue weighted by molar-refractivity contribution is 0.570. The van der Waals surface area contributed by atoms with E-state index >= 15 is 0 Å². The summed E-state index contributed by atoms with van der Waals surface area (Å²) in [7, 11) is -0.0263. The van der Waals surface area contributed by atoms with Crippen LogP contribution in [-0.4, -0.2) is 12.3 Å². The molecule has 0 amide bonds. The molecule has 0 fully saturated rings. The maximum atomic E-state index is 2.50. The van der Waals surface area contributed by atoms with Crippen LogP contribution in [0.4, 0.5) is 0 Å². The second kappa shape index (κ2) is 5.54. The minimum Gasteiger partial charge on any atom is -0.0806 e. The van der Waals surface area contributed by atoms with Crippen molar-refractivity contribution in [3.8, 4) is 0 Å². The molecule has 0 bridgehead atoms. The van der Waals surface area contributed by atoms with E-state index in [1.54, 1.807) is 16.4 Å². The monoisotopic (exact) mass is 302 g/mol. The van der Waals surface area contributed by atoms with Crippen molar-refractivity contribution in [1.29, 1.82) is 0 Å². The van der Waals surface area contributed by atoms with Gasteiger partial charge in [-0.15, -0.1) is 0 Å². The highest BCUT2D eigenvalue weighted by Gasteiger charge is 2.28. The molecule has 1 aliphatic rings. The van der Waals surface area contributed by atoms with Gasteiger partial charge in [0, 0.05) is 0 Å². The number of aryl methyl sites for hydroxylation is 1. The Balaban J connectivity index is 2.59. The molecule has 1 aliphatic heterocycles. The smallest absolute Gasteiger partial charge is 0.00738 e. The van der Waals surface area contributed by atoms with Crippen molar-refractivity contribution < 1.29 is 0 Å². The van der Waals surface area contributed by atoms with Crippen molar-refractivity contribution in [2.45, 2.75) is 66.2 Å². The van der Waals surface area contributed by atoms with Gasteiger partial charge in [-0.2, -0.15) is 0 Å². The van der Waals surface area contributed by atoms with Crippen molar-refractivity contribution in [2.75, 3.05) is 12.3 Å². The number of benzene rings is 1. The van der Waals surface area contributed by atoms with Gasteiger partial charge < -0.3 is 0 Å².